The zero-order valence-corrected chi connectivity index (χ0v) is 6.35. The predicted molar refractivity (Wildman–Crippen MR) is 37.6 cm³/mol. The van der Waals surface area contributed by atoms with Gasteiger partial charge in [0.1, 0.15) is 5.78 Å². The Balaban J connectivity index is 2.40. The van der Waals surface area contributed by atoms with Gasteiger partial charge in [0.25, 0.3) is 0 Å². The molecule has 0 aromatic carbocycles. The van der Waals surface area contributed by atoms with Crippen molar-refractivity contribution in [1.82, 2.24) is 0 Å². The van der Waals surface area contributed by atoms with Gasteiger partial charge in [-0.3, -0.25) is 4.79 Å². The standard InChI is InChI=1S/C8H12F2O/c9-8(10)6-2-1-3-7(11)5-4-6/h6,8H,1-5H2/t6-/m1/s1. The van der Waals surface area contributed by atoms with Crippen molar-refractivity contribution in [3.63, 3.8) is 0 Å². The van der Waals surface area contributed by atoms with E-state index in [0.717, 1.165) is 0 Å². The fourth-order valence-electron chi connectivity index (χ4n) is 1.43. The topological polar surface area (TPSA) is 17.1 Å². The third-order valence-electron chi connectivity index (χ3n) is 2.18. The average Bonchev–Trinajstić information content (AvgIpc) is 2.13. The Hall–Kier alpha value is -0.470. The molecule has 0 bridgehead atoms. The lowest BCUT2D eigenvalue weighted by Crippen LogP contribution is -2.09. The first-order valence-corrected chi connectivity index (χ1v) is 4.00. The number of hydrogen-bond donors (Lipinski definition) is 0. The van der Waals surface area contributed by atoms with Gasteiger partial charge in [0.05, 0.1) is 0 Å². The minimum Gasteiger partial charge on any atom is -0.300 e. The van der Waals surface area contributed by atoms with Gasteiger partial charge in [-0.2, -0.15) is 0 Å². The second-order valence-corrected chi connectivity index (χ2v) is 3.06. The van der Waals surface area contributed by atoms with Crippen LogP contribution in [0.4, 0.5) is 8.78 Å². The quantitative estimate of drug-likeness (QED) is 0.541. The number of hydrogen-bond acceptors (Lipinski definition) is 1. The Labute approximate surface area is 64.8 Å². The smallest absolute Gasteiger partial charge is 0.241 e. The summed E-state index contributed by atoms with van der Waals surface area (Å²) in [6.07, 6.45) is 0.173. The second-order valence-electron chi connectivity index (χ2n) is 3.06. The first-order chi connectivity index (χ1) is 5.20. The molecule has 0 heterocycles. The van der Waals surface area contributed by atoms with Crippen LogP contribution in [0.2, 0.25) is 0 Å². The van der Waals surface area contributed by atoms with Crippen molar-refractivity contribution in [3.8, 4) is 0 Å². The molecule has 0 aliphatic heterocycles. The molecule has 1 rings (SSSR count). The molecule has 1 saturated carbocycles. The predicted octanol–water partition coefficient (Wildman–Crippen LogP) is 2.40. The third kappa shape index (κ3) is 2.56. The molecule has 0 aromatic rings. The van der Waals surface area contributed by atoms with Crippen LogP contribution in [0, 0.1) is 5.92 Å². The molecular formula is C8H12F2O. The SMILES string of the molecule is O=C1CCC[C@@H](C(F)F)CC1. The average molecular weight is 162 g/mol. The molecule has 0 spiro atoms. The van der Waals surface area contributed by atoms with Crippen molar-refractivity contribution < 1.29 is 13.6 Å². The summed E-state index contributed by atoms with van der Waals surface area (Å²) >= 11 is 0. The van der Waals surface area contributed by atoms with Gasteiger partial charge in [0.15, 0.2) is 0 Å². The molecule has 1 atom stereocenters. The molecule has 0 aromatic heterocycles. The lowest BCUT2D eigenvalue weighted by Gasteiger charge is -2.10. The van der Waals surface area contributed by atoms with Crippen LogP contribution in [-0.4, -0.2) is 12.2 Å². The van der Waals surface area contributed by atoms with E-state index in [0.29, 0.717) is 32.1 Å². The molecular weight excluding hydrogens is 150 g/mol. The summed E-state index contributed by atoms with van der Waals surface area (Å²) < 4.78 is 24.2. The first kappa shape index (κ1) is 8.62. The molecule has 1 aliphatic rings. The van der Waals surface area contributed by atoms with Gasteiger partial charge in [-0.1, -0.05) is 0 Å². The number of carbonyl (C=O) groups excluding carboxylic acids is 1. The highest BCUT2D eigenvalue weighted by Gasteiger charge is 2.23. The summed E-state index contributed by atoms with van der Waals surface area (Å²) in [5.74, 6) is -0.380. The minimum atomic E-state index is -2.24. The number of Topliss-reactive ketones (excluding diaryl/α,β-unsaturated/α-hetero) is 1. The van der Waals surface area contributed by atoms with E-state index in [1.165, 1.54) is 0 Å². The zero-order chi connectivity index (χ0) is 8.27. The number of rotatable bonds is 1. The van der Waals surface area contributed by atoms with Gasteiger partial charge < -0.3 is 0 Å². The van der Waals surface area contributed by atoms with Crippen LogP contribution in [0.5, 0.6) is 0 Å². The molecule has 64 valence electrons. The first-order valence-electron chi connectivity index (χ1n) is 4.00. The van der Waals surface area contributed by atoms with E-state index in [-0.39, 0.29) is 5.78 Å². The molecule has 0 unspecified atom stereocenters. The summed E-state index contributed by atoms with van der Waals surface area (Å²) in [7, 11) is 0. The largest absolute Gasteiger partial charge is 0.300 e. The van der Waals surface area contributed by atoms with Crippen LogP contribution < -0.4 is 0 Å². The van der Waals surface area contributed by atoms with Crippen molar-refractivity contribution >= 4 is 5.78 Å². The van der Waals surface area contributed by atoms with E-state index in [9.17, 15) is 13.6 Å². The molecule has 1 nitrogen and oxygen atoms in total. The maximum atomic E-state index is 12.1. The van der Waals surface area contributed by atoms with Gasteiger partial charge in [0, 0.05) is 18.8 Å². The number of carbonyl (C=O) groups is 1. The fraction of sp³-hybridized carbons (Fsp3) is 0.875. The van der Waals surface area contributed by atoms with E-state index in [1.807, 2.05) is 0 Å². The third-order valence-corrected chi connectivity index (χ3v) is 2.18. The van der Waals surface area contributed by atoms with Crippen LogP contribution in [0.15, 0.2) is 0 Å². The highest BCUT2D eigenvalue weighted by atomic mass is 19.3. The van der Waals surface area contributed by atoms with Crippen molar-refractivity contribution in [1.29, 1.82) is 0 Å². The summed E-state index contributed by atoms with van der Waals surface area (Å²) in [4.78, 5) is 10.8. The Morgan fingerprint density at radius 1 is 1.27 bits per heavy atom. The molecule has 1 fully saturated rings. The van der Waals surface area contributed by atoms with Crippen molar-refractivity contribution in [2.24, 2.45) is 5.92 Å². The highest BCUT2D eigenvalue weighted by molar-refractivity contribution is 5.78. The lowest BCUT2D eigenvalue weighted by atomic mass is 10.0. The summed E-state index contributed by atoms with van der Waals surface area (Å²) in [6, 6.07) is 0. The summed E-state index contributed by atoms with van der Waals surface area (Å²) in [5, 5.41) is 0. The molecule has 11 heavy (non-hydrogen) atoms. The zero-order valence-electron chi connectivity index (χ0n) is 6.35. The summed E-state index contributed by atoms with van der Waals surface area (Å²) in [5.41, 5.74) is 0. The maximum absolute atomic E-state index is 12.1. The molecule has 0 amide bonds. The molecule has 3 heteroatoms. The van der Waals surface area contributed by atoms with Gasteiger partial charge in [0.2, 0.25) is 6.43 Å². The van der Waals surface area contributed by atoms with E-state index >= 15 is 0 Å². The van der Waals surface area contributed by atoms with E-state index in [4.69, 9.17) is 0 Å². The monoisotopic (exact) mass is 162 g/mol. The maximum Gasteiger partial charge on any atom is 0.241 e. The Bertz CT molecular complexity index is 145. The van der Waals surface area contributed by atoms with Crippen molar-refractivity contribution in [2.45, 2.75) is 38.5 Å². The normalized spacial score (nSPS) is 27.2. The Morgan fingerprint density at radius 2 is 2.00 bits per heavy atom. The lowest BCUT2D eigenvalue weighted by molar-refractivity contribution is -0.119. The van der Waals surface area contributed by atoms with Gasteiger partial charge >= 0.3 is 0 Å². The number of alkyl halides is 2. The van der Waals surface area contributed by atoms with Gasteiger partial charge in [-0.15, -0.1) is 0 Å². The van der Waals surface area contributed by atoms with Crippen LogP contribution in [0.3, 0.4) is 0 Å². The molecule has 0 radical (unpaired) electrons. The van der Waals surface area contributed by atoms with Crippen LogP contribution >= 0.6 is 0 Å². The fourth-order valence-corrected chi connectivity index (χ4v) is 1.43. The van der Waals surface area contributed by atoms with Crippen molar-refractivity contribution in [3.05, 3.63) is 0 Å². The Kier molecular flexibility index (Phi) is 2.97. The van der Waals surface area contributed by atoms with E-state index < -0.39 is 12.3 Å². The number of halogens is 2. The minimum absolute atomic E-state index is 0.146. The van der Waals surface area contributed by atoms with Crippen LogP contribution in [0.25, 0.3) is 0 Å². The van der Waals surface area contributed by atoms with Gasteiger partial charge in [-0.05, 0) is 19.3 Å². The molecule has 0 saturated heterocycles. The molecule has 0 N–H and O–H groups in total. The molecule has 1 aliphatic carbocycles. The second kappa shape index (κ2) is 3.79. The van der Waals surface area contributed by atoms with Crippen LogP contribution in [0.1, 0.15) is 32.1 Å². The highest BCUT2D eigenvalue weighted by Crippen LogP contribution is 2.26. The van der Waals surface area contributed by atoms with E-state index in [2.05, 4.69) is 0 Å². The van der Waals surface area contributed by atoms with E-state index in [1.54, 1.807) is 0 Å². The van der Waals surface area contributed by atoms with Crippen LogP contribution in [-0.2, 0) is 4.79 Å². The van der Waals surface area contributed by atoms with Gasteiger partial charge in [-0.25, -0.2) is 8.78 Å². The number of ketones is 1. The Morgan fingerprint density at radius 3 is 2.64 bits per heavy atom. The summed E-state index contributed by atoms with van der Waals surface area (Å²) in [6.45, 7) is 0. The van der Waals surface area contributed by atoms with Crippen molar-refractivity contribution in [2.75, 3.05) is 0 Å².